The molecule has 0 aromatic heterocycles. The predicted octanol–water partition coefficient (Wildman–Crippen LogP) is 3.47. The van der Waals surface area contributed by atoms with Gasteiger partial charge < -0.3 is 4.90 Å². The minimum atomic E-state index is -0.454. The standard InChI is InChI=1S/C15H12F2N2/c1-19(14-5-2-11(9-18)3-6-14)10-12-8-13(16)4-7-15(12)17/h2-8H,10H2,1H3. The van der Waals surface area contributed by atoms with Crippen LogP contribution in [0.5, 0.6) is 0 Å². The van der Waals surface area contributed by atoms with Gasteiger partial charge in [0.1, 0.15) is 11.6 Å². The lowest BCUT2D eigenvalue weighted by atomic mass is 10.1. The van der Waals surface area contributed by atoms with Gasteiger partial charge in [-0.2, -0.15) is 5.26 Å². The Hall–Kier alpha value is -2.41. The third kappa shape index (κ3) is 3.08. The van der Waals surface area contributed by atoms with E-state index < -0.39 is 11.6 Å². The van der Waals surface area contributed by atoms with Crippen molar-refractivity contribution in [2.45, 2.75) is 6.54 Å². The number of nitrogens with zero attached hydrogens (tertiary/aromatic N) is 2. The average Bonchev–Trinajstić information content (AvgIpc) is 2.43. The molecule has 0 bridgehead atoms. The number of hydrogen-bond acceptors (Lipinski definition) is 2. The molecule has 0 amide bonds. The van der Waals surface area contributed by atoms with E-state index in [4.69, 9.17) is 5.26 Å². The maximum Gasteiger partial charge on any atom is 0.128 e. The Morgan fingerprint density at radius 2 is 1.79 bits per heavy atom. The molecule has 2 rings (SSSR count). The number of rotatable bonds is 3. The maximum absolute atomic E-state index is 13.5. The van der Waals surface area contributed by atoms with Crippen molar-refractivity contribution in [3.63, 3.8) is 0 Å². The molecule has 0 unspecified atom stereocenters. The molecule has 0 radical (unpaired) electrons. The smallest absolute Gasteiger partial charge is 0.128 e. The molecule has 0 heterocycles. The Kier molecular flexibility index (Phi) is 3.76. The second-order valence-corrected chi connectivity index (χ2v) is 4.25. The zero-order valence-electron chi connectivity index (χ0n) is 10.4. The summed E-state index contributed by atoms with van der Waals surface area (Å²) < 4.78 is 26.6. The molecule has 4 heteroatoms. The highest BCUT2D eigenvalue weighted by atomic mass is 19.1. The summed E-state index contributed by atoms with van der Waals surface area (Å²) in [6.07, 6.45) is 0. The van der Waals surface area contributed by atoms with E-state index in [0.717, 1.165) is 17.8 Å². The molecular formula is C15H12F2N2. The number of halogens is 2. The van der Waals surface area contributed by atoms with Crippen LogP contribution in [0.25, 0.3) is 0 Å². The van der Waals surface area contributed by atoms with Crippen LogP contribution >= 0.6 is 0 Å². The molecule has 2 aromatic carbocycles. The summed E-state index contributed by atoms with van der Waals surface area (Å²) in [4.78, 5) is 1.79. The Balaban J connectivity index is 2.18. The molecule has 2 nitrogen and oxygen atoms in total. The first-order valence-electron chi connectivity index (χ1n) is 5.75. The number of anilines is 1. The van der Waals surface area contributed by atoms with E-state index >= 15 is 0 Å². The highest BCUT2D eigenvalue weighted by Crippen LogP contribution is 2.18. The fourth-order valence-electron chi connectivity index (χ4n) is 1.80. The minimum absolute atomic E-state index is 0.259. The van der Waals surface area contributed by atoms with Gasteiger partial charge in [-0.25, -0.2) is 8.78 Å². The van der Waals surface area contributed by atoms with Gasteiger partial charge in [-0.3, -0.25) is 0 Å². The number of hydrogen-bond donors (Lipinski definition) is 0. The molecule has 96 valence electrons. The van der Waals surface area contributed by atoms with Crippen LogP contribution in [0.1, 0.15) is 11.1 Å². The van der Waals surface area contributed by atoms with Gasteiger partial charge in [0.2, 0.25) is 0 Å². The van der Waals surface area contributed by atoms with Gasteiger partial charge in [0.25, 0.3) is 0 Å². The lowest BCUT2D eigenvalue weighted by molar-refractivity contribution is 0.583. The topological polar surface area (TPSA) is 27.0 Å². The highest BCUT2D eigenvalue weighted by molar-refractivity contribution is 5.49. The Bertz CT molecular complexity index is 615. The summed E-state index contributed by atoms with van der Waals surface area (Å²) in [5, 5.41) is 8.71. The molecule has 0 N–H and O–H groups in total. The summed E-state index contributed by atoms with van der Waals surface area (Å²) in [5.41, 5.74) is 1.70. The van der Waals surface area contributed by atoms with Crippen LogP contribution in [0.15, 0.2) is 42.5 Å². The second-order valence-electron chi connectivity index (χ2n) is 4.25. The molecule has 19 heavy (non-hydrogen) atoms. The first kappa shape index (κ1) is 13.0. The summed E-state index contributed by atoms with van der Waals surface area (Å²) in [6.45, 7) is 0.259. The van der Waals surface area contributed by atoms with Crippen LogP contribution in [-0.4, -0.2) is 7.05 Å². The van der Waals surface area contributed by atoms with Gasteiger partial charge in [-0.15, -0.1) is 0 Å². The Labute approximate surface area is 110 Å². The zero-order valence-corrected chi connectivity index (χ0v) is 10.4. The molecule has 0 saturated heterocycles. The van der Waals surface area contributed by atoms with Gasteiger partial charge in [-0.05, 0) is 42.5 Å². The van der Waals surface area contributed by atoms with Crippen molar-refractivity contribution in [3.05, 3.63) is 65.2 Å². The third-order valence-electron chi connectivity index (χ3n) is 2.85. The van der Waals surface area contributed by atoms with E-state index in [1.54, 1.807) is 36.2 Å². The fraction of sp³-hybridized carbons (Fsp3) is 0.133. The largest absolute Gasteiger partial charge is 0.370 e. The number of nitriles is 1. The molecule has 0 aliphatic carbocycles. The first-order chi connectivity index (χ1) is 9.10. The van der Waals surface area contributed by atoms with Crippen molar-refractivity contribution in [2.75, 3.05) is 11.9 Å². The Morgan fingerprint density at radius 3 is 2.42 bits per heavy atom. The van der Waals surface area contributed by atoms with Crippen LogP contribution in [-0.2, 0) is 6.54 Å². The molecular weight excluding hydrogens is 246 g/mol. The van der Waals surface area contributed by atoms with Crippen LogP contribution in [0.3, 0.4) is 0 Å². The van der Waals surface area contributed by atoms with E-state index in [9.17, 15) is 8.78 Å². The van der Waals surface area contributed by atoms with Gasteiger partial charge in [0.05, 0.1) is 11.6 Å². The van der Waals surface area contributed by atoms with E-state index in [-0.39, 0.29) is 6.54 Å². The third-order valence-corrected chi connectivity index (χ3v) is 2.85. The lowest BCUT2D eigenvalue weighted by Gasteiger charge is -2.19. The zero-order chi connectivity index (χ0) is 13.8. The Morgan fingerprint density at radius 1 is 1.11 bits per heavy atom. The summed E-state index contributed by atoms with van der Waals surface area (Å²) in [6, 6.07) is 12.4. The lowest BCUT2D eigenvalue weighted by Crippen LogP contribution is -2.17. The van der Waals surface area contributed by atoms with Crippen LogP contribution < -0.4 is 4.90 Å². The van der Waals surface area contributed by atoms with E-state index in [1.165, 1.54) is 6.07 Å². The summed E-state index contributed by atoms with van der Waals surface area (Å²) in [5.74, 6) is -0.883. The highest BCUT2D eigenvalue weighted by Gasteiger charge is 2.08. The van der Waals surface area contributed by atoms with Gasteiger partial charge in [0, 0.05) is 24.8 Å². The van der Waals surface area contributed by atoms with Gasteiger partial charge >= 0.3 is 0 Å². The quantitative estimate of drug-likeness (QED) is 0.842. The van der Waals surface area contributed by atoms with Crippen LogP contribution in [0.2, 0.25) is 0 Å². The second kappa shape index (κ2) is 5.49. The number of benzene rings is 2. The molecule has 0 atom stereocenters. The molecule has 0 fully saturated rings. The van der Waals surface area contributed by atoms with Gasteiger partial charge in [0.15, 0.2) is 0 Å². The summed E-state index contributed by atoms with van der Waals surface area (Å²) in [7, 11) is 1.78. The average molecular weight is 258 g/mol. The normalized spacial score (nSPS) is 10.0. The molecule has 2 aromatic rings. The van der Waals surface area contributed by atoms with Crippen molar-refractivity contribution in [2.24, 2.45) is 0 Å². The van der Waals surface area contributed by atoms with Gasteiger partial charge in [-0.1, -0.05) is 0 Å². The fourth-order valence-corrected chi connectivity index (χ4v) is 1.80. The first-order valence-corrected chi connectivity index (χ1v) is 5.75. The summed E-state index contributed by atoms with van der Waals surface area (Å²) >= 11 is 0. The maximum atomic E-state index is 13.5. The minimum Gasteiger partial charge on any atom is -0.370 e. The van der Waals surface area contributed by atoms with E-state index in [0.29, 0.717) is 11.1 Å². The van der Waals surface area contributed by atoms with E-state index in [1.807, 2.05) is 6.07 Å². The SMILES string of the molecule is CN(Cc1cc(F)ccc1F)c1ccc(C#N)cc1. The molecule has 0 saturated carbocycles. The van der Waals surface area contributed by atoms with Crippen molar-refractivity contribution in [1.82, 2.24) is 0 Å². The molecule has 0 spiro atoms. The van der Waals surface area contributed by atoms with Crippen LogP contribution in [0.4, 0.5) is 14.5 Å². The van der Waals surface area contributed by atoms with E-state index in [2.05, 4.69) is 0 Å². The van der Waals surface area contributed by atoms with Crippen LogP contribution in [0, 0.1) is 23.0 Å². The monoisotopic (exact) mass is 258 g/mol. The molecule has 0 aliphatic heterocycles. The van der Waals surface area contributed by atoms with Crippen molar-refractivity contribution < 1.29 is 8.78 Å². The van der Waals surface area contributed by atoms with Crippen molar-refractivity contribution in [3.8, 4) is 6.07 Å². The van der Waals surface area contributed by atoms with Crippen molar-refractivity contribution in [1.29, 1.82) is 5.26 Å². The predicted molar refractivity (Wildman–Crippen MR) is 69.6 cm³/mol. The molecule has 0 aliphatic rings. The van der Waals surface area contributed by atoms with Crippen molar-refractivity contribution >= 4 is 5.69 Å².